The Morgan fingerprint density at radius 2 is 1.76 bits per heavy atom. The van der Waals surface area contributed by atoms with Crippen molar-refractivity contribution >= 4 is 11.4 Å². The van der Waals surface area contributed by atoms with Gasteiger partial charge in [0, 0.05) is 11.1 Å². The van der Waals surface area contributed by atoms with Gasteiger partial charge in [0.25, 0.3) is 0 Å². The number of ether oxygens (including phenoxy) is 2. The Kier molecular flexibility index (Phi) is 5.10. The molecule has 0 aliphatic heterocycles. The maximum absolute atomic E-state index is 12.3. The Morgan fingerprint density at radius 1 is 1.00 bits per heavy atom. The third-order valence-corrected chi connectivity index (χ3v) is 4.07. The summed E-state index contributed by atoms with van der Waals surface area (Å²) in [6, 6.07) is 14.7. The molecule has 0 aliphatic carbocycles. The largest absolute Gasteiger partial charge is 0.469 e. The summed E-state index contributed by atoms with van der Waals surface area (Å²) in [5.41, 5.74) is 1.55. The van der Waals surface area contributed by atoms with Crippen molar-refractivity contribution in [3.63, 3.8) is 0 Å². The first-order valence-corrected chi connectivity index (χ1v) is 8.57. The van der Waals surface area contributed by atoms with Gasteiger partial charge in [0.15, 0.2) is 23.9 Å². The van der Waals surface area contributed by atoms with Gasteiger partial charge in [-0.1, -0.05) is 30.3 Å². The van der Waals surface area contributed by atoms with Crippen molar-refractivity contribution in [2.45, 2.75) is 6.61 Å². The summed E-state index contributed by atoms with van der Waals surface area (Å²) in [5, 5.41) is 8.17. The third kappa shape index (κ3) is 4.03. The van der Waals surface area contributed by atoms with E-state index in [9.17, 15) is 13.6 Å². The van der Waals surface area contributed by atoms with E-state index < -0.39 is 6.61 Å². The number of aromatic nitrogens is 4. The van der Waals surface area contributed by atoms with E-state index in [4.69, 9.17) is 4.74 Å². The van der Waals surface area contributed by atoms with Crippen LogP contribution in [-0.2, 0) is 0 Å². The standard InChI is InChI=1S/C20H14F2N4O3/c21-20(22)29-15-8-6-14(7-9-15)19-25-24-17-10-23-11-18(26(17)19)28-12-16(27)13-4-2-1-3-5-13/h1-11,20H,12H2. The van der Waals surface area contributed by atoms with Crippen molar-refractivity contribution in [3.8, 4) is 23.0 Å². The molecule has 0 saturated heterocycles. The number of ketones is 1. The molecule has 7 nitrogen and oxygen atoms in total. The number of rotatable bonds is 7. The highest BCUT2D eigenvalue weighted by Gasteiger charge is 2.15. The minimum Gasteiger partial charge on any atom is -0.469 e. The van der Waals surface area contributed by atoms with E-state index in [-0.39, 0.29) is 24.0 Å². The van der Waals surface area contributed by atoms with Gasteiger partial charge in [-0.3, -0.25) is 9.78 Å². The number of hydrogen-bond acceptors (Lipinski definition) is 6. The lowest BCUT2D eigenvalue weighted by Crippen LogP contribution is -2.13. The molecular weight excluding hydrogens is 382 g/mol. The monoisotopic (exact) mass is 396 g/mol. The Bertz CT molecular complexity index is 1130. The highest BCUT2D eigenvalue weighted by Crippen LogP contribution is 2.25. The van der Waals surface area contributed by atoms with Crippen LogP contribution in [0.5, 0.6) is 11.6 Å². The van der Waals surface area contributed by atoms with Crippen LogP contribution >= 0.6 is 0 Å². The van der Waals surface area contributed by atoms with Gasteiger partial charge < -0.3 is 9.47 Å². The first-order valence-electron chi connectivity index (χ1n) is 8.57. The van der Waals surface area contributed by atoms with Crippen LogP contribution in [0.25, 0.3) is 17.0 Å². The number of nitrogens with zero attached hydrogens (tertiary/aromatic N) is 4. The average Bonchev–Trinajstić information content (AvgIpc) is 3.17. The molecule has 0 radical (unpaired) electrons. The quantitative estimate of drug-likeness (QED) is 0.444. The normalized spacial score (nSPS) is 11.0. The van der Waals surface area contributed by atoms with Gasteiger partial charge in [0.1, 0.15) is 5.75 Å². The molecule has 0 fully saturated rings. The van der Waals surface area contributed by atoms with E-state index in [1.54, 1.807) is 40.8 Å². The van der Waals surface area contributed by atoms with Crippen LogP contribution in [0.1, 0.15) is 10.4 Å². The molecule has 0 aliphatic rings. The molecule has 0 unspecified atom stereocenters. The van der Waals surface area contributed by atoms with Gasteiger partial charge in [0.2, 0.25) is 5.88 Å². The molecule has 0 saturated carbocycles. The second kappa shape index (κ2) is 8.01. The minimum atomic E-state index is -2.90. The molecule has 0 atom stereocenters. The van der Waals surface area contributed by atoms with Gasteiger partial charge >= 0.3 is 6.61 Å². The van der Waals surface area contributed by atoms with Gasteiger partial charge in [-0.2, -0.15) is 8.78 Å². The SMILES string of the molecule is O=C(COc1cncc2nnc(-c3ccc(OC(F)F)cc3)n12)c1ccccc1. The zero-order valence-electron chi connectivity index (χ0n) is 14.9. The minimum absolute atomic E-state index is 0.0316. The molecule has 2 heterocycles. The predicted octanol–water partition coefficient (Wildman–Crippen LogP) is 3.65. The second-order valence-electron chi connectivity index (χ2n) is 5.94. The molecule has 29 heavy (non-hydrogen) atoms. The third-order valence-electron chi connectivity index (χ3n) is 4.07. The number of carbonyl (C=O) groups excluding carboxylic acids is 1. The Hall–Kier alpha value is -3.88. The smallest absolute Gasteiger partial charge is 0.387 e. The Labute approximate surface area is 163 Å². The summed E-state index contributed by atoms with van der Waals surface area (Å²) in [6.45, 7) is -3.09. The fraction of sp³-hybridized carbons (Fsp3) is 0.100. The number of carbonyl (C=O) groups is 1. The molecule has 146 valence electrons. The van der Waals surface area contributed by atoms with Crippen molar-refractivity contribution in [1.82, 2.24) is 19.6 Å². The molecular formula is C20H14F2N4O3. The van der Waals surface area contributed by atoms with Crippen LogP contribution < -0.4 is 9.47 Å². The predicted molar refractivity (Wildman–Crippen MR) is 99.1 cm³/mol. The van der Waals surface area contributed by atoms with Crippen LogP contribution in [0.15, 0.2) is 67.0 Å². The molecule has 2 aromatic heterocycles. The molecule has 0 N–H and O–H groups in total. The zero-order valence-corrected chi connectivity index (χ0v) is 14.9. The summed E-state index contributed by atoms with van der Waals surface area (Å²) in [7, 11) is 0. The fourth-order valence-corrected chi connectivity index (χ4v) is 2.74. The number of halogens is 2. The van der Waals surface area contributed by atoms with E-state index in [1.807, 2.05) is 6.07 Å². The Morgan fingerprint density at radius 3 is 2.48 bits per heavy atom. The molecule has 0 bridgehead atoms. The highest BCUT2D eigenvalue weighted by molar-refractivity contribution is 5.97. The van der Waals surface area contributed by atoms with E-state index in [1.165, 1.54) is 24.5 Å². The first-order chi connectivity index (χ1) is 14.1. The van der Waals surface area contributed by atoms with Gasteiger partial charge in [-0.25, -0.2) is 4.40 Å². The fourth-order valence-electron chi connectivity index (χ4n) is 2.74. The topological polar surface area (TPSA) is 78.6 Å². The lowest BCUT2D eigenvalue weighted by Gasteiger charge is -2.09. The average molecular weight is 396 g/mol. The summed E-state index contributed by atoms with van der Waals surface area (Å²) in [4.78, 5) is 16.4. The highest BCUT2D eigenvalue weighted by atomic mass is 19.3. The summed E-state index contributed by atoms with van der Waals surface area (Å²) in [6.07, 6.45) is 2.95. The molecule has 0 amide bonds. The summed E-state index contributed by atoms with van der Waals surface area (Å²) < 4.78 is 36.3. The number of alkyl halides is 2. The van der Waals surface area contributed by atoms with E-state index in [0.29, 0.717) is 22.6 Å². The molecule has 2 aromatic carbocycles. The van der Waals surface area contributed by atoms with Crippen LogP contribution in [0.4, 0.5) is 8.78 Å². The van der Waals surface area contributed by atoms with Crippen LogP contribution in [0.3, 0.4) is 0 Å². The zero-order chi connectivity index (χ0) is 20.2. The Balaban J connectivity index is 1.61. The van der Waals surface area contributed by atoms with Crippen LogP contribution in [0, 0.1) is 0 Å². The summed E-state index contributed by atoms with van der Waals surface area (Å²) >= 11 is 0. The van der Waals surface area contributed by atoms with Crippen molar-refractivity contribution in [2.24, 2.45) is 0 Å². The lowest BCUT2D eigenvalue weighted by atomic mass is 10.1. The first kappa shape index (κ1) is 18.5. The van der Waals surface area contributed by atoms with E-state index in [2.05, 4.69) is 19.9 Å². The summed E-state index contributed by atoms with van der Waals surface area (Å²) in [5.74, 6) is 0.530. The molecule has 4 aromatic rings. The van der Waals surface area contributed by atoms with Gasteiger partial charge in [0.05, 0.1) is 12.4 Å². The number of hydrogen-bond donors (Lipinski definition) is 0. The van der Waals surface area contributed by atoms with Crippen molar-refractivity contribution in [1.29, 1.82) is 0 Å². The number of benzene rings is 2. The second-order valence-corrected chi connectivity index (χ2v) is 5.94. The maximum atomic E-state index is 12.3. The van der Waals surface area contributed by atoms with Crippen LogP contribution in [-0.4, -0.2) is 38.6 Å². The lowest BCUT2D eigenvalue weighted by molar-refractivity contribution is -0.0498. The van der Waals surface area contributed by atoms with Crippen molar-refractivity contribution in [3.05, 3.63) is 72.6 Å². The number of fused-ring (bicyclic) bond motifs is 1. The van der Waals surface area contributed by atoms with Crippen molar-refractivity contribution in [2.75, 3.05) is 6.61 Å². The van der Waals surface area contributed by atoms with E-state index >= 15 is 0 Å². The number of Topliss-reactive ketones (excluding diaryl/α,β-unsaturated/α-hetero) is 1. The maximum Gasteiger partial charge on any atom is 0.387 e. The van der Waals surface area contributed by atoms with Crippen LogP contribution in [0.2, 0.25) is 0 Å². The molecule has 0 spiro atoms. The molecule has 4 rings (SSSR count). The van der Waals surface area contributed by atoms with Crippen molar-refractivity contribution < 1.29 is 23.0 Å². The molecule has 9 heteroatoms. The van der Waals surface area contributed by atoms with Gasteiger partial charge in [-0.05, 0) is 24.3 Å². The van der Waals surface area contributed by atoms with Gasteiger partial charge in [-0.15, -0.1) is 10.2 Å². The van der Waals surface area contributed by atoms with E-state index in [0.717, 1.165) is 0 Å².